The van der Waals surface area contributed by atoms with Gasteiger partial charge >= 0.3 is 5.97 Å². The number of rotatable bonds is 2. The molecule has 0 saturated carbocycles. The molecule has 1 aromatic rings. The topological polar surface area (TPSA) is 55.6 Å². The fourth-order valence-electron chi connectivity index (χ4n) is 1.33. The van der Waals surface area contributed by atoms with E-state index in [0.29, 0.717) is 11.3 Å². The Morgan fingerprint density at radius 2 is 1.88 bits per heavy atom. The normalized spacial score (nSPS) is 11.1. The van der Waals surface area contributed by atoms with Gasteiger partial charge in [0.15, 0.2) is 0 Å². The number of hydrogen-bond acceptors (Lipinski definition) is 4. The molecule has 0 amide bonds. The summed E-state index contributed by atoms with van der Waals surface area (Å²) in [5.41, 5.74) is 7.03. The second-order valence-electron chi connectivity index (χ2n) is 5.17. The smallest absolute Gasteiger partial charge is 0.340 e. The average Bonchev–Trinajstić information content (AvgIpc) is 2.14. The zero-order valence-corrected chi connectivity index (χ0v) is 11.1. The summed E-state index contributed by atoms with van der Waals surface area (Å²) >= 11 is 0. The predicted octanol–water partition coefficient (Wildman–Crippen LogP) is 2.29. The lowest BCUT2D eigenvalue weighted by molar-refractivity contribution is 0.00709. The highest BCUT2D eigenvalue weighted by molar-refractivity contribution is 5.96. The van der Waals surface area contributed by atoms with Gasteiger partial charge in [-0.05, 0) is 39.0 Å². The summed E-state index contributed by atoms with van der Waals surface area (Å²) in [5.74, 6) is -0.390. The zero-order chi connectivity index (χ0) is 13.2. The van der Waals surface area contributed by atoms with E-state index in [1.165, 1.54) is 0 Å². The van der Waals surface area contributed by atoms with Gasteiger partial charge in [-0.15, -0.1) is 0 Å². The van der Waals surface area contributed by atoms with Crippen molar-refractivity contribution in [2.45, 2.75) is 26.4 Å². The van der Waals surface area contributed by atoms with Crippen LogP contribution in [0.2, 0.25) is 0 Å². The van der Waals surface area contributed by atoms with E-state index in [1.807, 2.05) is 45.8 Å². The fourth-order valence-corrected chi connectivity index (χ4v) is 1.33. The van der Waals surface area contributed by atoms with Gasteiger partial charge in [-0.3, -0.25) is 0 Å². The van der Waals surface area contributed by atoms with Crippen LogP contribution < -0.4 is 10.6 Å². The maximum Gasteiger partial charge on any atom is 0.340 e. The highest BCUT2D eigenvalue weighted by Crippen LogP contribution is 2.22. The van der Waals surface area contributed by atoms with Crippen LogP contribution in [0.25, 0.3) is 0 Å². The summed E-state index contributed by atoms with van der Waals surface area (Å²) < 4.78 is 5.30. The van der Waals surface area contributed by atoms with Crippen molar-refractivity contribution in [1.82, 2.24) is 0 Å². The largest absolute Gasteiger partial charge is 0.456 e. The molecule has 0 bridgehead atoms. The van der Waals surface area contributed by atoms with Crippen LogP contribution in [0.1, 0.15) is 31.1 Å². The van der Waals surface area contributed by atoms with Gasteiger partial charge in [0.05, 0.1) is 5.56 Å². The van der Waals surface area contributed by atoms with E-state index in [-0.39, 0.29) is 0 Å². The van der Waals surface area contributed by atoms with Crippen LogP contribution in [0, 0.1) is 0 Å². The van der Waals surface area contributed by atoms with Crippen LogP contribution in [-0.2, 0) is 4.74 Å². The zero-order valence-electron chi connectivity index (χ0n) is 11.1. The third-order valence-electron chi connectivity index (χ3n) is 2.17. The highest BCUT2D eigenvalue weighted by atomic mass is 16.6. The van der Waals surface area contributed by atoms with E-state index < -0.39 is 11.6 Å². The van der Waals surface area contributed by atoms with Crippen LogP contribution in [0.3, 0.4) is 0 Å². The fraction of sp³-hybridized carbons (Fsp3) is 0.462. The molecule has 0 aliphatic heterocycles. The van der Waals surface area contributed by atoms with Gasteiger partial charge < -0.3 is 15.4 Å². The Balaban J connectivity index is 3.04. The lowest BCUT2D eigenvalue weighted by atomic mass is 10.1. The maximum absolute atomic E-state index is 11.9. The van der Waals surface area contributed by atoms with E-state index in [0.717, 1.165) is 5.69 Å². The third kappa shape index (κ3) is 3.66. The second-order valence-corrected chi connectivity index (χ2v) is 5.17. The Morgan fingerprint density at radius 3 is 2.35 bits per heavy atom. The van der Waals surface area contributed by atoms with E-state index in [9.17, 15) is 4.79 Å². The Bertz CT molecular complexity index is 420. The number of carbonyl (C=O) groups excluding carboxylic acids is 1. The number of esters is 1. The van der Waals surface area contributed by atoms with Crippen LogP contribution in [-0.4, -0.2) is 25.7 Å². The second kappa shape index (κ2) is 4.65. The molecule has 0 aromatic heterocycles. The van der Waals surface area contributed by atoms with Crippen LogP contribution in [0.5, 0.6) is 0 Å². The molecule has 1 rings (SSSR count). The number of carbonyl (C=O) groups is 1. The Kier molecular flexibility index (Phi) is 3.66. The summed E-state index contributed by atoms with van der Waals surface area (Å²) in [6.07, 6.45) is 0. The van der Waals surface area contributed by atoms with Crippen molar-refractivity contribution in [3.05, 3.63) is 23.8 Å². The summed E-state index contributed by atoms with van der Waals surface area (Å²) in [6.45, 7) is 5.49. The van der Waals surface area contributed by atoms with Crippen molar-refractivity contribution in [2.75, 3.05) is 24.7 Å². The van der Waals surface area contributed by atoms with Crippen LogP contribution in [0.4, 0.5) is 11.4 Å². The number of nitrogen functional groups attached to an aromatic ring is 1. The molecule has 1 aromatic carbocycles. The van der Waals surface area contributed by atoms with Crippen molar-refractivity contribution < 1.29 is 9.53 Å². The molecule has 0 fully saturated rings. The van der Waals surface area contributed by atoms with Gasteiger partial charge in [0, 0.05) is 25.5 Å². The van der Waals surface area contributed by atoms with E-state index in [2.05, 4.69) is 0 Å². The molecule has 0 aliphatic rings. The first-order valence-corrected chi connectivity index (χ1v) is 5.51. The SMILES string of the molecule is CN(C)c1ccc(N)c(C(=O)OC(C)(C)C)c1. The lowest BCUT2D eigenvalue weighted by Gasteiger charge is -2.21. The Morgan fingerprint density at radius 1 is 1.29 bits per heavy atom. The molecule has 0 aliphatic carbocycles. The van der Waals surface area contributed by atoms with Gasteiger partial charge in [0.1, 0.15) is 5.60 Å². The molecule has 0 radical (unpaired) electrons. The quantitative estimate of drug-likeness (QED) is 0.632. The molecular weight excluding hydrogens is 216 g/mol. The summed E-state index contributed by atoms with van der Waals surface area (Å²) in [7, 11) is 3.81. The first-order chi connectivity index (χ1) is 7.70. The molecule has 4 heteroatoms. The summed E-state index contributed by atoms with van der Waals surface area (Å²) in [6, 6.07) is 5.32. The minimum Gasteiger partial charge on any atom is -0.456 e. The standard InChI is InChI=1S/C13H20N2O2/c1-13(2,3)17-12(16)10-8-9(15(4)5)6-7-11(10)14/h6-8H,14H2,1-5H3. The monoisotopic (exact) mass is 236 g/mol. The van der Waals surface area contributed by atoms with Crippen molar-refractivity contribution >= 4 is 17.3 Å². The summed E-state index contributed by atoms with van der Waals surface area (Å²) in [4.78, 5) is 13.8. The lowest BCUT2D eigenvalue weighted by Crippen LogP contribution is -2.24. The van der Waals surface area contributed by atoms with Gasteiger partial charge in [-0.2, -0.15) is 0 Å². The van der Waals surface area contributed by atoms with Crippen LogP contribution >= 0.6 is 0 Å². The van der Waals surface area contributed by atoms with Crippen molar-refractivity contribution in [3.63, 3.8) is 0 Å². The molecule has 0 unspecified atom stereocenters. The number of hydrogen-bond donors (Lipinski definition) is 1. The number of nitrogens with zero attached hydrogens (tertiary/aromatic N) is 1. The van der Waals surface area contributed by atoms with E-state index >= 15 is 0 Å². The highest BCUT2D eigenvalue weighted by Gasteiger charge is 2.20. The summed E-state index contributed by atoms with van der Waals surface area (Å²) in [5, 5.41) is 0. The third-order valence-corrected chi connectivity index (χ3v) is 2.17. The maximum atomic E-state index is 11.9. The molecule has 94 valence electrons. The van der Waals surface area contributed by atoms with Crippen molar-refractivity contribution in [3.8, 4) is 0 Å². The first kappa shape index (κ1) is 13.4. The molecule has 0 spiro atoms. The molecule has 0 heterocycles. The first-order valence-electron chi connectivity index (χ1n) is 5.51. The van der Waals surface area contributed by atoms with E-state index in [4.69, 9.17) is 10.5 Å². The van der Waals surface area contributed by atoms with Gasteiger partial charge in [-0.25, -0.2) is 4.79 Å². The molecule has 4 nitrogen and oxygen atoms in total. The number of anilines is 2. The molecular formula is C13H20N2O2. The number of ether oxygens (including phenoxy) is 1. The molecule has 0 atom stereocenters. The molecule has 17 heavy (non-hydrogen) atoms. The molecule has 0 saturated heterocycles. The Hall–Kier alpha value is -1.71. The predicted molar refractivity (Wildman–Crippen MR) is 70.3 cm³/mol. The van der Waals surface area contributed by atoms with Crippen LogP contribution in [0.15, 0.2) is 18.2 Å². The van der Waals surface area contributed by atoms with Crippen molar-refractivity contribution in [1.29, 1.82) is 0 Å². The van der Waals surface area contributed by atoms with E-state index in [1.54, 1.807) is 12.1 Å². The Labute approximate surface area is 102 Å². The minimum absolute atomic E-state index is 0.390. The number of benzene rings is 1. The van der Waals surface area contributed by atoms with Gasteiger partial charge in [-0.1, -0.05) is 0 Å². The minimum atomic E-state index is -0.516. The van der Waals surface area contributed by atoms with Crippen molar-refractivity contribution in [2.24, 2.45) is 0 Å². The van der Waals surface area contributed by atoms with Gasteiger partial charge in [0.2, 0.25) is 0 Å². The molecule has 2 N–H and O–H groups in total. The number of nitrogens with two attached hydrogens (primary N) is 1. The average molecular weight is 236 g/mol. The van der Waals surface area contributed by atoms with Gasteiger partial charge in [0.25, 0.3) is 0 Å².